The molecule has 0 fully saturated rings. The van der Waals surface area contributed by atoms with Gasteiger partial charge in [-0.05, 0) is 22.9 Å². The molecule has 6 nitrogen and oxygen atoms in total. The van der Waals surface area contributed by atoms with Crippen molar-refractivity contribution in [1.82, 2.24) is 19.7 Å². The van der Waals surface area contributed by atoms with Gasteiger partial charge in [-0.1, -0.05) is 6.92 Å². The monoisotopic (exact) mass is 296 g/mol. The lowest BCUT2D eigenvalue weighted by Crippen LogP contribution is -2.15. The van der Waals surface area contributed by atoms with E-state index < -0.39 is 0 Å². The van der Waals surface area contributed by atoms with Crippen LogP contribution >= 0.6 is 15.9 Å². The predicted octanol–water partition coefficient (Wildman–Crippen LogP) is 1.58. The zero-order valence-electron chi connectivity index (χ0n) is 9.61. The van der Waals surface area contributed by atoms with E-state index in [1.807, 2.05) is 20.0 Å². The molecule has 0 bridgehead atoms. The molecule has 2 heterocycles. The summed E-state index contributed by atoms with van der Waals surface area (Å²) in [5.41, 5.74) is 3.44. The molecule has 2 rings (SSSR count). The highest BCUT2D eigenvalue weighted by Gasteiger charge is 2.11. The largest absolute Gasteiger partial charge is 0.308 e. The SMILES string of the molecule is CCc1nc(NN)c(C)c(-n2cc(Br)cn2)n1. The Morgan fingerprint density at radius 3 is 2.76 bits per heavy atom. The van der Waals surface area contributed by atoms with Crippen LogP contribution in [0.2, 0.25) is 0 Å². The van der Waals surface area contributed by atoms with Crippen molar-refractivity contribution in [3.8, 4) is 5.82 Å². The van der Waals surface area contributed by atoms with E-state index in [2.05, 4.69) is 36.4 Å². The van der Waals surface area contributed by atoms with Crippen LogP contribution in [0.25, 0.3) is 5.82 Å². The number of hydrogen-bond acceptors (Lipinski definition) is 5. The molecule has 3 N–H and O–H groups in total. The summed E-state index contributed by atoms with van der Waals surface area (Å²) in [7, 11) is 0. The van der Waals surface area contributed by atoms with Crippen LogP contribution in [-0.4, -0.2) is 19.7 Å². The molecule has 0 aromatic carbocycles. The van der Waals surface area contributed by atoms with Gasteiger partial charge in [0.1, 0.15) is 11.6 Å². The van der Waals surface area contributed by atoms with Crippen LogP contribution in [0.15, 0.2) is 16.9 Å². The van der Waals surface area contributed by atoms with Gasteiger partial charge in [-0.25, -0.2) is 20.5 Å². The molecule has 0 aliphatic heterocycles. The smallest absolute Gasteiger partial charge is 0.162 e. The average molecular weight is 297 g/mol. The Balaban J connectivity index is 2.59. The van der Waals surface area contributed by atoms with Crippen LogP contribution in [0, 0.1) is 6.92 Å². The van der Waals surface area contributed by atoms with Crippen LogP contribution in [0.3, 0.4) is 0 Å². The molecule has 90 valence electrons. The third kappa shape index (κ3) is 2.29. The van der Waals surface area contributed by atoms with E-state index in [1.165, 1.54) is 0 Å². The van der Waals surface area contributed by atoms with Gasteiger partial charge in [0.15, 0.2) is 5.82 Å². The molecular formula is C10H13BrN6. The second-order valence-electron chi connectivity index (χ2n) is 3.54. The minimum Gasteiger partial charge on any atom is -0.308 e. The van der Waals surface area contributed by atoms with Gasteiger partial charge in [0.25, 0.3) is 0 Å². The summed E-state index contributed by atoms with van der Waals surface area (Å²) < 4.78 is 2.59. The molecule has 7 heteroatoms. The first-order valence-electron chi connectivity index (χ1n) is 5.20. The molecule has 2 aromatic rings. The van der Waals surface area contributed by atoms with Crippen LogP contribution in [-0.2, 0) is 6.42 Å². The van der Waals surface area contributed by atoms with Crippen LogP contribution in [0.5, 0.6) is 0 Å². The molecule has 2 aromatic heterocycles. The lowest BCUT2D eigenvalue weighted by molar-refractivity contribution is 0.803. The first kappa shape index (κ1) is 12.0. The van der Waals surface area contributed by atoms with Gasteiger partial charge in [0.2, 0.25) is 0 Å². The average Bonchev–Trinajstić information content (AvgIpc) is 2.76. The van der Waals surface area contributed by atoms with E-state index in [-0.39, 0.29) is 0 Å². The minimum atomic E-state index is 0.624. The highest BCUT2D eigenvalue weighted by molar-refractivity contribution is 9.10. The van der Waals surface area contributed by atoms with Crippen LogP contribution < -0.4 is 11.3 Å². The van der Waals surface area contributed by atoms with Gasteiger partial charge in [0, 0.05) is 18.2 Å². The summed E-state index contributed by atoms with van der Waals surface area (Å²) in [6.45, 7) is 3.90. The minimum absolute atomic E-state index is 0.624. The standard InChI is InChI=1S/C10H13BrN6/c1-3-8-14-9(16-12)6(2)10(15-8)17-5-7(11)4-13-17/h4-5H,3,12H2,1-2H3,(H,14,15,16). The second-order valence-corrected chi connectivity index (χ2v) is 4.45. The Morgan fingerprint density at radius 1 is 1.47 bits per heavy atom. The summed E-state index contributed by atoms with van der Waals surface area (Å²) in [5, 5.41) is 4.21. The summed E-state index contributed by atoms with van der Waals surface area (Å²) in [4.78, 5) is 8.76. The maximum Gasteiger partial charge on any atom is 0.162 e. The number of nitrogens with zero attached hydrogens (tertiary/aromatic N) is 4. The predicted molar refractivity (Wildman–Crippen MR) is 68.8 cm³/mol. The number of hydrogen-bond donors (Lipinski definition) is 2. The fourth-order valence-electron chi connectivity index (χ4n) is 1.49. The first-order valence-corrected chi connectivity index (χ1v) is 5.99. The normalized spacial score (nSPS) is 10.6. The van der Waals surface area contributed by atoms with Crippen molar-refractivity contribution in [1.29, 1.82) is 0 Å². The Morgan fingerprint density at radius 2 is 2.24 bits per heavy atom. The van der Waals surface area contributed by atoms with Crippen molar-refractivity contribution < 1.29 is 0 Å². The van der Waals surface area contributed by atoms with Crippen molar-refractivity contribution in [2.75, 3.05) is 5.43 Å². The number of hydrazine groups is 1. The quantitative estimate of drug-likeness (QED) is 0.664. The van der Waals surface area contributed by atoms with Gasteiger partial charge in [0.05, 0.1) is 10.7 Å². The van der Waals surface area contributed by atoms with E-state index in [1.54, 1.807) is 10.9 Å². The number of anilines is 1. The molecule has 0 aliphatic rings. The number of rotatable bonds is 3. The maximum atomic E-state index is 5.45. The number of nitrogens with two attached hydrogens (primary N) is 1. The molecule has 0 radical (unpaired) electrons. The molecule has 0 unspecified atom stereocenters. The first-order chi connectivity index (χ1) is 8.15. The second kappa shape index (κ2) is 4.80. The van der Waals surface area contributed by atoms with Crippen molar-refractivity contribution in [2.24, 2.45) is 5.84 Å². The fourth-order valence-corrected chi connectivity index (χ4v) is 1.77. The summed E-state index contributed by atoms with van der Waals surface area (Å²) in [5.74, 6) is 7.53. The number of halogens is 1. The Hall–Kier alpha value is -1.47. The lowest BCUT2D eigenvalue weighted by Gasteiger charge is -2.10. The summed E-state index contributed by atoms with van der Waals surface area (Å²) in [6.07, 6.45) is 4.29. The van der Waals surface area contributed by atoms with E-state index in [0.29, 0.717) is 5.82 Å². The third-order valence-electron chi connectivity index (χ3n) is 2.39. The zero-order chi connectivity index (χ0) is 12.4. The number of aryl methyl sites for hydroxylation is 1. The van der Waals surface area contributed by atoms with Crippen molar-refractivity contribution >= 4 is 21.7 Å². The highest BCUT2D eigenvalue weighted by Crippen LogP contribution is 2.19. The van der Waals surface area contributed by atoms with Crippen LogP contribution in [0.1, 0.15) is 18.3 Å². The van der Waals surface area contributed by atoms with Gasteiger partial charge in [-0.15, -0.1) is 0 Å². The van der Waals surface area contributed by atoms with Gasteiger partial charge >= 0.3 is 0 Å². The topological polar surface area (TPSA) is 81.6 Å². The Labute approximate surface area is 107 Å². The Kier molecular flexibility index (Phi) is 3.39. The van der Waals surface area contributed by atoms with Crippen LogP contribution in [0.4, 0.5) is 5.82 Å². The molecular weight excluding hydrogens is 284 g/mol. The maximum absolute atomic E-state index is 5.45. The van der Waals surface area contributed by atoms with E-state index >= 15 is 0 Å². The number of aromatic nitrogens is 4. The zero-order valence-corrected chi connectivity index (χ0v) is 11.2. The van der Waals surface area contributed by atoms with Crippen molar-refractivity contribution in [3.63, 3.8) is 0 Å². The van der Waals surface area contributed by atoms with Gasteiger partial charge < -0.3 is 5.43 Å². The van der Waals surface area contributed by atoms with E-state index in [0.717, 1.165) is 28.1 Å². The lowest BCUT2D eigenvalue weighted by atomic mass is 10.3. The summed E-state index contributed by atoms with van der Waals surface area (Å²) in [6, 6.07) is 0. The van der Waals surface area contributed by atoms with Gasteiger partial charge in [-0.2, -0.15) is 5.10 Å². The molecule has 0 amide bonds. The molecule has 17 heavy (non-hydrogen) atoms. The molecule has 0 spiro atoms. The van der Waals surface area contributed by atoms with Crippen molar-refractivity contribution in [2.45, 2.75) is 20.3 Å². The molecule has 0 aliphatic carbocycles. The third-order valence-corrected chi connectivity index (χ3v) is 2.80. The van der Waals surface area contributed by atoms with E-state index in [9.17, 15) is 0 Å². The molecule has 0 saturated heterocycles. The Bertz CT molecular complexity index is 536. The number of nitrogen functional groups attached to an aromatic ring is 1. The molecule has 0 saturated carbocycles. The van der Waals surface area contributed by atoms with E-state index in [4.69, 9.17) is 5.84 Å². The molecule has 0 atom stereocenters. The fraction of sp³-hybridized carbons (Fsp3) is 0.300. The van der Waals surface area contributed by atoms with Gasteiger partial charge in [-0.3, -0.25) is 0 Å². The summed E-state index contributed by atoms with van der Waals surface area (Å²) >= 11 is 3.36. The number of nitrogens with one attached hydrogen (secondary N) is 1. The highest BCUT2D eigenvalue weighted by atomic mass is 79.9. The van der Waals surface area contributed by atoms with Crippen molar-refractivity contribution in [3.05, 3.63) is 28.3 Å².